The standard InChI is InChI=1S/C13H20N2O4/c1-11(2)18-9-7-14-8-10-19-13-5-3-12(4-6-13)15(16)17/h3-6,11,14H,7-10H2,1-2H3. The van der Waals surface area contributed by atoms with Crippen LogP contribution in [-0.4, -0.2) is 37.3 Å². The summed E-state index contributed by atoms with van der Waals surface area (Å²) in [4.78, 5) is 10.0. The van der Waals surface area contributed by atoms with Gasteiger partial charge in [-0.3, -0.25) is 10.1 Å². The second kappa shape index (κ2) is 8.44. The number of nitrogens with zero attached hydrogens (tertiary/aromatic N) is 1. The Labute approximate surface area is 112 Å². The van der Waals surface area contributed by atoms with Crippen molar-refractivity contribution in [3.05, 3.63) is 34.4 Å². The number of non-ortho nitro benzene ring substituents is 1. The van der Waals surface area contributed by atoms with E-state index in [1.165, 1.54) is 12.1 Å². The Morgan fingerprint density at radius 1 is 1.21 bits per heavy atom. The molecule has 0 saturated carbocycles. The average Bonchev–Trinajstić information content (AvgIpc) is 2.38. The van der Waals surface area contributed by atoms with Crippen LogP contribution in [0.3, 0.4) is 0 Å². The Morgan fingerprint density at radius 2 is 1.84 bits per heavy atom. The molecule has 0 fully saturated rings. The van der Waals surface area contributed by atoms with E-state index in [9.17, 15) is 10.1 Å². The smallest absolute Gasteiger partial charge is 0.269 e. The summed E-state index contributed by atoms with van der Waals surface area (Å²) in [6.45, 7) is 6.67. The number of rotatable bonds is 9. The van der Waals surface area contributed by atoms with Crippen LogP contribution in [-0.2, 0) is 4.74 Å². The van der Waals surface area contributed by atoms with E-state index in [1.54, 1.807) is 12.1 Å². The molecule has 0 amide bonds. The van der Waals surface area contributed by atoms with E-state index in [2.05, 4.69) is 5.32 Å². The van der Waals surface area contributed by atoms with Crippen LogP contribution in [0.2, 0.25) is 0 Å². The maximum absolute atomic E-state index is 10.5. The lowest BCUT2D eigenvalue weighted by atomic mass is 10.3. The number of ether oxygens (including phenoxy) is 2. The maximum atomic E-state index is 10.5. The topological polar surface area (TPSA) is 73.6 Å². The van der Waals surface area contributed by atoms with Gasteiger partial charge in [0.05, 0.1) is 17.6 Å². The fourth-order valence-corrected chi connectivity index (χ4v) is 1.40. The van der Waals surface area contributed by atoms with Crippen LogP contribution >= 0.6 is 0 Å². The van der Waals surface area contributed by atoms with Crippen LogP contribution in [0, 0.1) is 10.1 Å². The fourth-order valence-electron chi connectivity index (χ4n) is 1.40. The van der Waals surface area contributed by atoms with Crippen LogP contribution < -0.4 is 10.1 Å². The highest BCUT2D eigenvalue weighted by Gasteiger charge is 2.03. The summed E-state index contributed by atoms with van der Waals surface area (Å²) >= 11 is 0. The average molecular weight is 268 g/mol. The summed E-state index contributed by atoms with van der Waals surface area (Å²) < 4.78 is 10.8. The van der Waals surface area contributed by atoms with Crippen molar-refractivity contribution in [1.29, 1.82) is 0 Å². The molecular formula is C13H20N2O4. The highest BCUT2D eigenvalue weighted by atomic mass is 16.6. The maximum Gasteiger partial charge on any atom is 0.269 e. The van der Waals surface area contributed by atoms with Crippen molar-refractivity contribution >= 4 is 5.69 Å². The molecule has 0 radical (unpaired) electrons. The summed E-state index contributed by atoms with van der Waals surface area (Å²) in [7, 11) is 0. The van der Waals surface area contributed by atoms with Crippen molar-refractivity contribution in [2.24, 2.45) is 0 Å². The Kier molecular flexibility index (Phi) is 6.84. The van der Waals surface area contributed by atoms with Gasteiger partial charge in [0, 0.05) is 25.2 Å². The van der Waals surface area contributed by atoms with Gasteiger partial charge in [-0.1, -0.05) is 0 Å². The molecule has 1 N–H and O–H groups in total. The van der Waals surface area contributed by atoms with E-state index >= 15 is 0 Å². The van der Waals surface area contributed by atoms with Gasteiger partial charge in [-0.25, -0.2) is 0 Å². The third-order valence-electron chi connectivity index (χ3n) is 2.33. The van der Waals surface area contributed by atoms with E-state index in [1.807, 2.05) is 13.8 Å². The zero-order valence-corrected chi connectivity index (χ0v) is 11.3. The van der Waals surface area contributed by atoms with Gasteiger partial charge < -0.3 is 14.8 Å². The molecule has 6 nitrogen and oxygen atoms in total. The van der Waals surface area contributed by atoms with Gasteiger partial charge in [-0.2, -0.15) is 0 Å². The number of hydrogen-bond acceptors (Lipinski definition) is 5. The Bertz CT molecular complexity index is 379. The summed E-state index contributed by atoms with van der Waals surface area (Å²) in [5.74, 6) is 0.630. The molecule has 0 aliphatic heterocycles. The predicted molar refractivity (Wildman–Crippen MR) is 72.5 cm³/mol. The number of hydrogen-bond donors (Lipinski definition) is 1. The third-order valence-corrected chi connectivity index (χ3v) is 2.33. The van der Waals surface area contributed by atoms with Gasteiger partial charge in [0.2, 0.25) is 0 Å². The fraction of sp³-hybridized carbons (Fsp3) is 0.538. The highest BCUT2D eigenvalue weighted by molar-refractivity contribution is 5.35. The second-order valence-corrected chi connectivity index (χ2v) is 4.27. The summed E-state index contributed by atoms with van der Waals surface area (Å²) in [6.07, 6.45) is 0.248. The lowest BCUT2D eigenvalue weighted by molar-refractivity contribution is -0.384. The molecule has 0 spiro atoms. The monoisotopic (exact) mass is 268 g/mol. The van der Waals surface area contributed by atoms with Crippen molar-refractivity contribution in [3.63, 3.8) is 0 Å². The number of nitro benzene ring substituents is 1. The molecule has 0 aliphatic carbocycles. The van der Waals surface area contributed by atoms with Crippen molar-refractivity contribution in [3.8, 4) is 5.75 Å². The molecule has 0 aliphatic rings. The number of nitro groups is 1. The van der Waals surface area contributed by atoms with Crippen molar-refractivity contribution in [1.82, 2.24) is 5.32 Å². The van der Waals surface area contributed by atoms with Crippen LogP contribution in [0.4, 0.5) is 5.69 Å². The van der Waals surface area contributed by atoms with Gasteiger partial charge in [0.1, 0.15) is 12.4 Å². The minimum absolute atomic E-state index is 0.0660. The SMILES string of the molecule is CC(C)OCCNCCOc1ccc([N+](=O)[O-])cc1. The minimum atomic E-state index is -0.430. The summed E-state index contributed by atoms with van der Waals surface area (Å²) in [6, 6.07) is 6.05. The zero-order chi connectivity index (χ0) is 14.1. The molecule has 0 heterocycles. The van der Waals surface area contributed by atoms with E-state index in [0.717, 1.165) is 6.54 Å². The molecule has 0 atom stereocenters. The number of benzene rings is 1. The van der Waals surface area contributed by atoms with Gasteiger partial charge in [0.15, 0.2) is 0 Å². The Morgan fingerprint density at radius 3 is 2.42 bits per heavy atom. The molecule has 0 unspecified atom stereocenters. The quantitative estimate of drug-likeness (QED) is 0.421. The zero-order valence-electron chi connectivity index (χ0n) is 11.3. The molecule has 0 saturated heterocycles. The van der Waals surface area contributed by atoms with Crippen molar-refractivity contribution in [2.75, 3.05) is 26.3 Å². The first kappa shape index (κ1) is 15.4. The van der Waals surface area contributed by atoms with Gasteiger partial charge in [-0.15, -0.1) is 0 Å². The van der Waals surface area contributed by atoms with Gasteiger partial charge >= 0.3 is 0 Å². The van der Waals surface area contributed by atoms with Crippen LogP contribution in [0.5, 0.6) is 5.75 Å². The van der Waals surface area contributed by atoms with E-state index in [0.29, 0.717) is 25.5 Å². The van der Waals surface area contributed by atoms with Crippen LogP contribution in [0.15, 0.2) is 24.3 Å². The third kappa shape index (κ3) is 6.73. The molecule has 1 rings (SSSR count). The van der Waals surface area contributed by atoms with E-state index < -0.39 is 4.92 Å². The molecule has 1 aromatic rings. The normalized spacial score (nSPS) is 10.7. The Hall–Kier alpha value is -1.66. The molecule has 0 bridgehead atoms. The van der Waals surface area contributed by atoms with Crippen molar-refractivity contribution in [2.45, 2.75) is 20.0 Å². The molecule has 106 valence electrons. The molecular weight excluding hydrogens is 248 g/mol. The molecule has 19 heavy (non-hydrogen) atoms. The van der Waals surface area contributed by atoms with E-state index in [-0.39, 0.29) is 11.8 Å². The van der Waals surface area contributed by atoms with Crippen LogP contribution in [0.25, 0.3) is 0 Å². The first-order valence-electron chi connectivity index (χ1n) is 6.29. The van der Waals surface area contributed by atoms with Crippen LogP contribution in [0.1, 0.15) is 13.8 Å². The summed E-state index contributed by atoms with van der Waals surface area (Å²) in [5.41, 5.74) is 0.0660. The van der Waals surface area contributed by atoms with Crippen molar-refractivity contribution < 1.29 is 14.4 Å². The highest BCUT2D eigenvalue weighted by Crippen LogP contribution is 2.16. The lowest BCUT2D eigenvalue weighted by Gasteiger charge is -2.09. The molecule has 0 aromatic heterocycles. The largest absolute Gasteiger partial charge is 0.492 e. The van der Waals surface area contributed by atoms with Gasteiger partial charge in [-0.05, 0) is 26.0 Å². The number of nitrogens with one attached hydrogen (secondary N) is 1. The minimum Gasteiger partial charge on any atom is -0.492 e. The summed E-state index contributed by atoms with van der Waals surface area (Å²) in [5, 5.41) is 13.6. The van der Waals surface area contributed by atoms with E-state index in [4.69, 9.17) is 9.47 Å². The predicted octanol–water partition coefficient (Wildman–Crippen LogP) is 1.99. The van der Waals surface area contributed by atoms with Gasteiger partial charge in [0.25, 0.3) is 5.69 Å². The lowest BCUT2D eigenvalue weighted by Crippen LogP contribution is -2.25. The molecule has 1 aromatic carbocycles. The second-order valence-electron chi connectivity index (χ2n) is 4.27. The molecule has 6 heteroatoms. The first-order chi connectivity index (χ1) is 9.09. The Balaban J connectivity index is 2.11. The first-order valence-corrected chi connectivity index (χ1v) is 6.29.